The molecule has 3 unspecified atom stereocenters. The van der Waals surface area contributed by atoms with Crippen LogP contribution in [0.2, 0.25) is 0 Å². The third-order valence-corrected chi connectivity index (χ3v) is 14.1. The lowest BCUT2D eigenvalue weighted by Crippen LogP contribution is -2.46. The molecule has 63 heavy (non-hydrogen) atoms. The van der Waals surface area contributed by atoms with Crippen molar-refractivity contribution >= 4 is 13.7 Å². The lowest BCUT2D eigenvalue weighted by Gasteiger charge is -2.26. The second-order valence-corrected chi connectivity index (χ2v) is 22.1. The molecule has 0 aliphatic heterocycles. The predicted octanol–water partition coefficient (Wildman–Crippen LogP) is 16.5. The molecule has 0 bridgehead atoms. The lowest BCUT2D eigenvalue weighted by atomic mass is 10.0. The highest BCUT2D eigenvalue weighted by Crippen LogP contribution is 2.43. The van der Waals surface area contributed by atoms with E-state index in [0.29, 0.717) is 23.9 Å². The number of amides is 1. The summed E-state index contributed by atoms with van der Waals surface area (Å²) in [5.74, 6) is -0.138. The molecule has 0 saturated carbocycles. The number of carbonyl (C=O) groups is 1. The number of hydrogen-bond acceptors (Lipinski definition) is 5. The van der Waals surface area contributed by atoms with Gasteiger partial charge in [0.05, 0.1) is 39.9 Å². The summed E-state index contributed by atoms with van der Waals surface area (Å²) >= 11 is 0. The predicted molar refractivity (Wildman–Crippen MR) is 272 cm³/mol. The van der Waals surface area contributed by atoms with Crippen LogP contribution >= 0.6 is 7.82 Å². The molecule has 0 aromatic heterocycles. The van der Waals surface area contributed by atoms with E-state index in [9.17, 15) is 19.4 Å². The molecule has 3 N–H and O–H groups in total. The van der Waals surface area contributed by atoms with Crippen LogP contribution in [0.25, 0.3) is 0 Å². The molecule has 3 atom stereocenters. The van der Waals surface area contributed by atoms with Gasteiger partial charge in [0.25, 0.3) is 0 Å². The molecule has 0 spiro atoms. The molecule has 0 radical (unpaired) electrons. The topological polar surface area (TPSA) is 105 Å². The molecular formula is C54H112N2O6P+. The Morgan fingerprint density at radius 1 is 0.476 bits per heavy atom. The number of phosphoric acid groups is 1. The number of nitrogens with zero attached hydrogens (tertiary/aromatic N) is 1. The number of hydrogen-bond donors (Lipinski definition) is 3. The molecule has 0 aliphatic rings. The highest BCUT2D eigenvalue weighted by molar-refractivity contribution is 7.47. The smallest absolute Gasteiger partial charge is 0.391 e. The molecule has 0 fully saturated rings. The fourth-order valence-corrected chi connectivity index (χ4v) is 9.43. The van der Waals surface area contributed by atoms with E-state index < -0.39 is 20.0 Å². The highest BCUT2D eigenvalue weighted by Gasteiger charge is 2.28. The summed E-state index contributed by atoms with van der Waals surface area (Å²) in [6.45, 7) is 4.94. The molecule has 0 aromatic rings. The van der Waals surface area contributed by atoms with Crippen LogP contribution in [0.15, 0.2) is 0 Å². The van der Waals surface area contributed by atoms with Crippen molar-refractivity contribution in [3.63, 3.8) is 0 Å². The van der Waals surface area contributed by atoms with Crippen LogP contribution in [0.1, 0.15) is 290 Å². The zero-order chi connectivity index (χ0) is 46.4. The quantitative estimate of drug-likeness (QED) is 0.0319. The molecule has 8 nitrogen and oxygen atoms in total. The zero-order valence-corrected chi connectivity index (χ0v) is 44.0. The molecular weight excluding hydrogens is 804 g/mol. The first-order valence-corrected chi connectivity index (χ1v) is 29.4. The Kier molecular flexibility index (Phi) is 46.2. The zero-order valence-electron chi connectivity index (χ0n) is 43.1. The third-order valence-electron chi connectivity index (χ3n) is 13.1. The summed E-state index contributed by atoms with van der Waals surface area (Å²) in [6, 6.07) is -0.754. The molecule has 0 saturated heterocycles. The second kappa shape index (κ2) is 46.6. The average Bonchev–Trinajstić information content (AvgIpc) is 3.24. The van der Waals surface area contributed by atoms with Crippen molar-refractivity contribution in [1.29, 1.82) is 0 Å². The highest BCUT2D eigenvalue weighted by atomic mass is 31.2. The van der Waals surface area contributed by atoms with Crippen molar-refractivity contribution < 1.29 is 32.9 Å². The van der Waals surface area contributed by atoms with Crippen molar-refractivity contribution in [2.75, 3.05) is 40.9 Å². The summed E-state index contributed by atoms with van der Waals surface area (Å²) in [7, 11) is 1.63. The van der Waals surface area contributed by atoms with Gasteiger partial charge in [0.2, 0.25) is 5.91 Å². The molecule has 0 aliphatic carbocycles. The largest absolute Gasteiger partial charge is 0.472 e. The van der Waals surface area contributed by atoms with Crippen LogP contribution in [0.3, 0.4) is 0 Å². The van der Waals surface area contributed by atoms with Crippen LogP contribution in [-0.4, -0.2) is 73.4 Å². The standard InChI is InChI=1S/C54H111N2O6P/c1-6-8-10-12-14-16-18-20-22-23-24-25-26-27-28-29-30-31-32-34-35-37-39-41-43-45-47-53(57)52(51-62-63(59,60)61-50-49-56(3,4)5)55-54(58)48-46-44-42-40-38-36-33-21-19-17-15-13-11-9-7-2/h52-53,57H,6-51H2,1-5H3,(H-,55,58,59,60)/p+1. The third kappa shape index (κ3) is 49.2. The number of rotatable bonds is 52. The first-order chi connectivity index (χ1) is 30.5. The van der Waals surface area contributed by atoms with E-state index in [1.54, 1.807) is 0 Å². The molecule has 0 heterocycles. The van der Waals surface area contributed by atoms with Crippen molar-refractivity contribution in [2.24, 2.45) is 0 Å². The van der Waals surface area contributed by atoms with Crippen LogP contribution in [0, 0.1) is 0 Å². The maximum Gasteiger partial charge on any atom is 0.472 e. The Labute approximate surface area is 393 Å². The Morgan fingerprint density at radius 2 is 0.762 bits per heavy atom. The summed E-state index contributed by atoms with van der Waals surface area (Å²) in [6.07, 6.45) is 54.4. The van der Waals surface area contributed by atoms with Gasteiger partial charge in [-0.15, -0.1) is 0 Å². The SMILES string of the molecule is CCCCCCCCCCCCCCCCCCCCCCCCCCCCC(O)C(COP(=O)(O)OCC[N+](C)(C)C)NC(=O)CCCCCCCCCCCCCCCCC. The maximum atomic E-state index is 12.9. The van der Waals surface area contributed by atoms with E-state index in [2.05, 4.69) is 19.2 Å². The molecule has 0 aromatic carbocycles. The van der Waals surface area contributed by atoms with Crippen molar-refractivity contribution in [3.8, 4) is 0 Å². The maximum absolute atomic E-state index is 12.9. The minimum Gasteiger partial charge on any atom is -0.391 e. The van der Waals surface area contributed by atoms with Crippen molar-refractivity contribution in [2.45, 2.75) is 302 Å². The lowest BCUT2D eigenvalue weighted by molar-refractivity contribution is -0.870. The van der Waals surface area contributed by atoms with E-state index in [4.69, 9.17) is 9.05 Å². The number of likely N-dealkylation sites (N-methyl/N-ethyl adjacent to an activating group) is 1. The minimum atomic E-state index is -4.31. The Hall–Kier alpha value is -0.500. The normalized spacial score (nSPS) is 14.0. The Balaban J connectivity index is 4.10. The van der Waals surface area contributed by atoms with Gasteiger partial charge in [0.15, 0.2) is 0 Å². The van der Waals surface area contributed by atoms with Crippen LogP contribution in [-0.2, 0) is 18.4 Å². The van der Waals surface area contributed by atoms with Gasteiger partial charge < -0.3 is 19.8 Å². The van der Waals surface area contributed by atoms with Crippen LogP contribution in [0.4, 0.5) is 0 Å². The molecule has 0 rings (SSSR count). The number of phosphoric ester groups is 1. The number of aliphatic hydroxyl groups excluding tert-OH is 1. The molecule has 9 heteroatoms. The van der Waals surface area contributed by atoms with Gasteiger partial charge in [-0.1, -0.05) is 271 Å². The van der Waals surface area contributed by atoms with Gasteiger partial charge in [-0.25, -0.2) is 4.57 Å². The van der Waals surface area contributed by atoms with Gasteiger partial charge in [0, 0.05) is 6.42 Å². The number of nitrogens with one attached hydrogen (secondary N) is 1. The first-order valence-electron chi connectivity index (χ1n) is 27.9. The number of carbonyl (C=O) groups excluding carboxylic acids is 1. The van der Waals surface area contributed by atoms with Gasteiger partial charge in [-0.3, -0.25) is 13.8 Å². The van der Waals surface area contributed by atoms with Crippen LogP contribution < -0.4 is 5.32 Å². The van der Waals surface area contributed by atoms with E-state index in [1.165, 1.54) is 225 Å². The van der Waals surface area contributed by atoms with Crippen LogP contribution in [0.5, 0.6) is 0 Å². The molecule has 1 amide bonds. The first kappa shape index (κ1) is 62.5. The number of aliphatic hydroxyl groups is 1. The fourth-order valence-electron chi connectivity index (χ4n) is 8.70. The van der Waals surface area contributed by atoms with Gasteiger partial charge in [-0.05, 0) is 12.8 Å². The minimum absolute atomic E-state index is 0.0790. The van der Waals surface area contributed by atoms with Gasteiger partial charge >= 0.3 is 7.82 Å². The number of unbranched alkanes of at least 4 members (excludes halogenated alkanes) is 39. The number of quaternary nitrogens is 1. The fraction of sp³-hybridized carbons (Fsp3) is 0.981. The Morgan fingerprint density at radius 3 is 1.06 bits per heavy atom. The van der Waals surface area contributed by atoms with E-state index in [1.807, 2.05) is 21.1 Å². The van der Waals surface area contributed by atoms with E-state index in [-0.39, 0.29) is 19.1 Å². The Bertz CT molecular complexity index is 994. The van der Waals surface area contributed by atoms with Crippen molar-refractivity contribution in [1.82, 2.24) is 5.32 Å². The van der Waals surface area contributed by atoms with E-state index in [0.717, 1.165) is 38.5 Å². The second-order valence-electron chi connectivity index (χ2n) is 20.7. The van der Waals surface area contributed by atoms with Gasteiger partial charge in [0.1, 0.15) is 13.2 Å². The summed E-state index contributed by atoms with van der Waals surface area (Å²) < 4.78 is 23.8. The molecule has 378 valence electrons. The monoisotopic (exact) mass is 916 g/mol. The van der Waals surface area contributed by atoms with Crippen molar-refractivity contribution in [3.05, 3.63) is 0 Å². The average molecular weight is 916 g/mol. The summed E-state index contributed by atoms with van der Waals surface area (Å²) in [4.78, 5) is 23.3. The van der Waals surface area contributed by atoms with Gasteiger partial charge in [-0.2, -0.15) is 0 Å². The summed E-state index contributed by atoms with van der Waals surface area (Å²) in [5.41, 5.74) is 0. The van der Waals surface area contributed by atoms with E-state index >= 15 is 0 Å². The summed E-state index contributed by atoms with van der Waals surface area (Å²) in [5, 5.41) is 14.1.